The van der Waals surface area contributed by atoms with Crippen molar-refractivity contribution >= 4 is 11.7 Å². The van der Waals surface area contributed by atoms with Crippen LogP contribution in [-0.4, -0.2) is 40.4 Å². The predicted molar refractivity (Wildman–Crippen MR) is 71.9 cm³/mol. The lowest BCUT2D eigenvalue weighted by Crippen LogP contribution is -2.43. The summed E-state index contributed by atoms with van der Waals surface area (Å²) in [5.74, 6) is 0.340. The lowest BCUT2D eigenvalue weighted by Gasteiger charge is -2.21. The Hall–Kier alpha value is -1.69. The molecule has 2 rings (SSSR count). The molecule has 6 nitrogen and oxygen atoms in total. The maximum atomic E-state index is 12.0. The number of hydrogen-bond acceptors (Lipinski definition) is 5. The van der Waals surface area contributed by atoms with E-state index in [1.54, 1.807) is 19.2 Å². The van der Waals surface area contributed by atoms with Gasteiger partial charge in [-0.3, -0.25) is 4.79 Å². The van der Waals surface area contributed by atoms with Crippen molar-refractivity contribution in [2.45, 2.75) is 44.2 Å². The minimum atomic E-state index is -0.462. The Balaban J connectivity index is 1.98. The zero-order chi connectivity index (χ0) is 13.7. The van der Waals surface area contributed by atoms with E-state index in [-0.39, 0.29) is 17.6 Å². The van der Waals surface area contributed by atoms with Crippen LogP contribution in [0.2, 0.25) is 0 Å². The summed E-state index contributed by atoms with van der Waals surface area (Å²) in [6.07, 6.45) is 4.26. The molecule has 1 aromatic rings. The summed E-state index contributed by atoms with van der Waals surface area (Å²) in [7, 11) is 1.74. The van der Waals surface area contributed by atoms with Crippen molar-refractivity contribution in [2.75, 3.05) is 12.4 Å². The van der Waals surface area contributed by atoms with Gasteiger partial charge >= 0.3 is 0 Å². The van der Waals surface area contributed by atoms with Crippen LogP contribution in [-0.2, 0) is 0 Å². The Morgan fingerprint density at radius 1 is 1.26 bits per heavy atom. The number of nitrogens with one attached hydrogen (secondary N) is 2. The maximum absolute atomic E-state index is 12.0. The Kier molecular flexibility index (Phi) is 4.68. The first-order valence-corrected chi connectivity index (χ1v) is 6.71. The summed E-state index contributed by atoms with van der Waals surface area (Å²) in [4.78, 5) is 12.0. The summed E-state index contributed by atoms with van der Waals surface area (Å²) >= 11 is 0. The summed E-state index contributed by atoms with van der Waals surface area (Å²) in [6.45, 7) is 0. The molecule has 1 aliphatic carbocycles. The molecule has 1 heterocycles. The summed E-state index contributed by atoms with van der Waals surface area (Å²) in [5, 5.41) is 23.4. The first-order valence-electron chi connectivity index (χ1n) is 6.71. The fraction of sp³-hybridized carbons (Fsp3) is 0.615. The molecule has 0 aliphatic heterocycles. The van der Waals surface area contributed by atoms with Crippen LogP contribution in [0.1, 0.15) is 42.6 Å². The van der Waals surface area contributed by atoms with Crippen molar-refractivity contribution in [2.24, 2.45) is 0 Å². The van der Waals surface area contributed by atoms with Crippen molar-refractivity contribution in [1.82, 2.24) is 15.5 Å². The van der Waals surface area contributed by atoms with Crippen molar-refractivity contribution in [3.05, 3.63) is 17.8 Å². The minimum absolute atomic E-state index is 0.180. The van der Waals surface area contributed by atoms with Crippen LogP contribution in [0, 0.1) is 0 Å². The van der Waals surface area contributed by atoms with E-state index in [4.69, 9.17) is 0 Å². The molecule has 0 aromatic carbocycles. The van der Waals surface area contributed by atoms with E-state index < -0.39 is 6.10 Å². The lowest BCUT2D eigenvalue weighted by molar-refractivity contribution is 0.0813. The number of aliphatic hydroxyl groups is 1. The van der Waals surface area contributed by atoms with Gasteiger partial charge < -0.3 is 15.7 Å². The molecule has 104 valence electrons. The van der Waals surface area contributed by atoms with Crippen LogP contribution in [0.5, 0.6) is 0 Å². The molecule has 19 heavy (non-hydrogen) atoms. The van der Waals surface area contributed by atoms with Gasteiger partial charge in [-0.1, -0.05) is 19.3 Å². The van der Waals surface area contributed by atoms with E-state index >= 15 is 0 Å². The van der Waals surface area contributed by atoms with Gasteiger partial charge in [0, 0.05) is 7.05 Å². The molecule has 1 saturated carbocycles. The third-order valence-corrected chi connectivity index (χ3v) is 3.45. The number of aromatic nitrogens is 2. The van der Waals surface area contributed by atoms with Crippen LogP contribution < -0.4 is 10.6 Å². The van der Waals surface area contributed by atoms with E-state index in [1.807, 2.05) is 0 Å². The molecule has 1 aliphatic rings. The highest BCUT2D eigenvalue weighted by molar-refractivity contribution is 5.92. The Morgan fingerprint density at radius 3 is 2.74 bits per heavy atom. The fourth-order valence-electron chi connectivity index (χ4n) is 2.29. The first-order chi connectivity index (χ1) is 9.20. The second-order valence-electron chi connectivity index (χ2n) is 4.84. The van der Waals surface area contributed by atoms with Crippen LogP contribution in [0.3, 0.4) is 0 Å². The molecule has 3 N–H and O–H groups in total. The average molecular weight is 264 g/mol. The number of carbonyl (C=O) groups excluding carboxylic acids is 1. The minimum Gasteiger partial charge on any atom is -0.391 e. The maximum Gasteiger partial charge on any atom is 0.272 e. The van der Waals surface area contributed by atoms with Crippen molar-refractivity contribution in [1.29, 1.82) is 0 Å². The van der Waals surface area contributed by atoms with Gasteiger partial charge in [-0.05, 0) is 25.0 Å². The van der Waals surface area contributed by atoms with Gasteiger partial charge in [-0.2, -0.15) is 0 Å². The molecule has 2 atom stereocenters. The van der Waals surface area contributed by atoms with Crippen LogP contribution in [0.25, 0.3) is 0 Å². The fourth-order valence-corrected chi connectivity index (χ4v) is 2.29. The first kappa shape index (κ1) is 13.7. The van der Waals surface area contributed by atoms with Crippen LogP contribution in [0.15, 0.2) is 12.1 Å². The SMILES string of the molecule is CNc1ccc(C(=O)NC2CCCCCC2O)nn1. The molecule has 2 unspecified atom stereocenters. The van der Waals surface area contributed by atoms with Crippen molar-refractivity contribution < 1.29 is 9.90 Å². The molecule has 6 heteroatoms. The molecule has 1 aromatic heterocycles. The summed E-state index contributed by atoms with van der Waals surface area (Å²) in [5.41, 5.74) is 0.274. The number of nitrogens with zero attached hydrogens (tertiary/aromatic N) is 2. The number of aliphatic hydroxyl groups excluding tert-OH is 1. The number of rotatable bonds is 3. The number of anilines is 1. The smallest absolute Gasteiger partial charge is 0.272 e. The quantitative estimate of drug-likeness (QED) is 0.707. The molecule has 0 spiro atoms. The topological polar surface area (TPSA) is 87.1 Å². The van der Waals surface area contributed by atoms with Gasteiger partial charge in [0.15, 0.2) is 5.69 Å². The van der Waals surface area contributed by atoms with Gasteiger partial charge in [-0.25, -0.2) is 0 Å². The highest BCUT2D eigenvalue weighted by Crippen LogP contribution is 2.18. The van der Waals surface area contributed by atoms with E-state index in [2.05, 4.69) is 20.8 Å². The zero-order valence-electron chi connectivity index (χ0n) is 11.1. The Bertz CT molecular complexity index is 421. The van der Waals surface area contributed by atoms with Gasteiger partial charge in [0.25, 0.3) is 5.91 Å². The van der Waals surface area contributed by atoms with Gasteiger partial charge in [0.2, 0.25) is 0 Å². The second kappa shape index (κ2) is 6.47. The molecular weight excluding hydrogens is 244 g/mol. The lowest BCUT2D eigenvalue weighted by atomic mass is 10.1. The standard InChI is InChI=1S/C13H20N4O2/c1-14-12-8-7-10(16-17-12)13(19)15-9-5-3-2-4-6-11(9)18/h7-9,11,18H,2-6H2,1H3,(H,14,17)(H,15,19). The predicted octanol–water partition coefficient (Wildman–Crippen LogP) is 0.942. The molecule has 0 saturated heterocycles. The summed E-state index contributed by atoms with van der Waals surface area (Å²) < 4.78 is 0. The monoisotopic (exact) mass is 264 g/mol. The number of hydrogen-bond donors (Lipinski definition) is 3. The Morgan fingerprint density at radius 2 is 2.05 bits per heavy atom. The summed E-state index contributed by atoms with van der Waals surface area (Å²) in [6, 6.07) is 3.14. The second-order valence-corrected chi connectivity index (χ2v) is 4.84. The van der Waals surface area contributed by atoms with Gasteiger partial charge in [0.05, 0.1) is 12.1 Å². The number of amides is 1. The van der Waals surface area contributed by atoms with Crippen LogP contribution in [0.4, 0.5) is 5.82 Å². The molecule has 0 bridgehead atoms. The van der Waals surface area contributed by atoms with Gasteiger partial charge in [0.1, 0.15) is 5.82 Å². The third kappa shape index (κ3) is 3.64. The highest BCUT2D eigenvalue weighted by atomic mass is 16.3. The Labute approximate surface area is 112 Å². The van der Waals surface area contributed by atoms with E-state index in [0.717, 1.165) is 32.1 Å². The van der Waals surface area contributed by atoms with Gasteiger partial charge in [-0.15, -0.1) is 10.2 Å². The zero-order valence-corrected chi connectivity index (χ0v) is 11.1. The van der Waals surface area contributed by atoms with E-state index in [9.17, 15) is 9.90 Å². The van der Waals surface area contributed by atoms with E-state index in [0.29, 0.717) is 5.82 Å². The molecule has 1 fully saturated rings. The van der Waals surface area contributed by atoms with Crippen molar-refractivity contribution in [3.63, 3.8) is 0 Å². The highest BCUT2D eigenvalue weighted by Gasteiger charge is 2.24. The molecule has 1 amide bonds. The van der Waals surface area contributed by atoms with Crippen molar-refractivity contribution in [3.8, 4) is 0 Å². The molecular formula is C13H20N4O2. The average Bonchev–Trinajstić information content (AvgIpc) is 2.64. The largest absolute Gasteiger partial charge is 0.391 e. The third-order valence-electron chi connectivity index (χ3n) is 3.45. The molecule has 0 radical (unpaired) electrons. The van der Waals surface area contributed by atoms with Crippen LogP contribution >= 0.6 is 0 Å². The number of carbonyl (C=O) groups is 1. The van der Waals surface area contributed by atoms with E-state index in [1.165, 1.54) is 0 Å². The normalized spacial score (nSPS) is 23.5.